The van der Waals surface area contributed by atoms with Gasteiger partial charge in [-0.2, -0.15) is 4.98 Å². The van der Waals surface area contributed by atoms with Crippen LogP contribution in [0.25, 0.3) is 5.78 Å². The quantitative estimate of drug-likeness (QED) is 0.669. The van der Waals surface area contributed by atoms with Crippen molar-refractivity contribution < 1.29 is 9.53 Å². The van der Waals surface area contributed by atoms with Crippen molar-refractivity contribution in [1.29, 1.82) is 0 Å². The van der Waals surface area contributed by atoms with E-state index in [9.17, 15) is 4.79 Å². The Bertz CT molecular complexity index is 1010. The van der Waals surface area contributed by atoms with Crippen LogP contribution in [0, 0.1) is 0 Å². The highest BCUT2D eigenvalue weighted by Crippen LogP contribution is 2.25. The molecule has 1 amide bonds. The lowest BCUT2D eigenvalue weighted by Gasteiger charge is -2.35. The fraction of sp³-hybridized carbons (Fsp3) is 0.368. The number of carbonyl (C=O) groups excluding carboxylic acids is 1. The molecule has 0 atom stereocenters. The van der Waals surface area contributed by atoms with E-state index < -0.39 is 0 Å². The van der Waals surface area contributed by atoms with E-state index in [1.807, 2.05) is 9.30 Å². The average molecular weight is 401 g/mol. The van der Waals surface area contributed by atoms with Crippen LogP contribution in [0.2, 0.25) is 5.02 Å². The minimum absolute atomic E-state index is 0.0525. The first-order valence-corrected chi connectivity index (χ1v) is 9.56. The Morgan fingerprint density at radius 3 is 2.71 bits per heavy atom. The number of nitrogens with zero attached hydrogens (tertiary/aromatic N) is 6. The zero-order valence-corrected chi connectivity index (χ0v) is 16.6. The molecular formula is C19H21ClN6O2. The summed E-state index contributed by atoms with van der Waals surface area (Å²) >= 11 is 6.00. The van der Waals surface area contributed by atoms with E-state index in [1.165, 1.54) is 7.11 Å². The number of aromatic nitrogens is 4. The second kappa shape index (κ2) is 7.63. The van der Waals surface area contributed by atoms with Gasteiger partial charge in [-0.25, -0.2) is 0 Å². The van der Waals surface area contributed by atoms with Gasteiger partial charge in [0.05, 0.1) is 12.7 Å². The van der Waals surface area contributed by atoms with Gasteiger partial charge in [0.2, 0.25) is 0 Å². The minimum Gasteiger partial charge on any atom is -0.496 e. The molecule has 1 saturated heterocycles. The molecule has 146 valence electrons. The van der Waals surface area contributed by atoms with Crippen molar-refractivity contribution in [3.05, 3.63) is 46.9 Å². The lowest BCUT2D eigenvalue weighted by molar-refractivity contribution is 0.0743. The van der Waals surface area contributed by atoms with Crippen LogP contribution in [-0.4, -0.2) is 63.7 Å². The molecule has 0 spiro atoms. The summed E-state index contributed by atoms with van der Waals surface area (Å²) in [4.78, 5) is 21.5. The molecule has 1 aliphatic heterocycles. The number of rotatable bonds is 4. The van der Waals surface area contributed by atoms with Crippen molar-refractivity contribution in [3.8, 4) is 5.75 Å². The van der Waals surface area contributed by atoms with E-state index in [1.54, 1.807) is 24.5 Å². The fourth-order valence-electron chi connectivity index (χ4n) is 3.45. The maximum atomic E-state index is 12.9. The molecule has 8 nitrogen and oxygen atoms in total. The number of aryl methyl sites for hydroxylation is 1. The SMILES string of the molecule is CCc1cc(N2CCN(C(=O)c3ccc(Cl)cc3OC)CC2)nc2nncn12. The number of carbonyl (C=O) groups is 1. The number of hydrogen-bond acceptors (Lipinski definition) is 6. The van der Waals surface area contributed by atoms with Crippen LogP contribution in [0.5, 0.6) is 5.75 Å². The minimum atomic E-state index is -0.0525. The molecule has 0 radical (unpaired) electrons. The normalized spacial score (nSPS) is 14.5. The molecule has 3 aromatic rings. The zero-order chi connectivity index (χ0) is 19.7. The first-order chi connectivity index (χ1) is 13.6. The fourth-order valence-corrected chi connectivity index (χ4v) is 3.61. The van der Waals surface area contributed by atoms with Crippen LogP contribution in [0.3, 0.4) is 0 Å². The number of methoxy groups -OCH3 is 1. The van der Waals surface area contributed by atoms with Crippen LogP contribution < -0.4 is 9.64 Å². The van der Waals surface area contributed by atoms with Crippen LogP contribution >= 0.6 is 11.6 Å². The molecule has 0 unspecified atom stereocenters. The van der Waals surface area contributed by atoms with Gasteiger partial charge in [-0.3, -0.25) is 9.20 Å². The smallest absolute Gasteiger partial charge is 0.257 e. The number of ether oxygens (including phenoxy) is 1. The first kappa shape index (κ1) is 18.5. The van der Waals surface area contributed by atoms with E-state index in [-0.39, 0.29) is 5.91 Å². The Morgan fingerprint density at radius 2 is 2.00 bits per heavy atom. The predicted molar refractivity (Wildman–Crippen MR) is 106 cm³/mol. The number of fused-ring (bicyclic) bond motifs is 1. The van der Waals surface area contributed by atoms with Gasteiger partial charge in [-0.15, -0.1) is 10.2 Å². The van der Waals surface area contributed by atoms with E-state index in [0.29, 0.717) is 48.3 Å². The standard InChI is InChI=1S/C19H21ClN6O2/c1-3-14-11-17(22-19-23-21-12-26(14)19)24-6-8-25(9-7-24)18(27)15-5-4-13(20)10-16(15)28-2/h4-5,10-12H,3,6-9H2,1-2H3. The Balaban J connectivity index is 1.50. The van der Waals surface area contributed by atoms with Crippen molar-refractivity contribution in [3.63, 3.8) is 0 Å². The molecule has 0 N–H and O–H groups in total. The van der Waals surface area contributed by atoms with Crippen molar-refractivity contribution in [2.45, 2.75) is 13.3 Å². The first-order valence-electron chi connectivity index (χ1n) is 9.18. The summed E-state index contributed by atoms with van der Waals surface area (Å²) < 4.78 is 7.22. The van der Waals surface area contributed by atoms with Gasteiger partial charge in [0, 0.05) is 43.0 Å². The number of anilines is 1. The van der Waals surface area contributed by atoms with Gasteiger partial charge in [0.25, 0.3) is 11.7 Å². The third-order valence-electron chi connectivity index (χ3n) is 5.00. The highest BCUT2D eigenvalue weighted by molar-refractivity contribution is 6.30. The van der Waals surface area contributed by atoms with Gasteiger partial charge in [0.15, 0.2) is 0 Å². The molecule has 1 aromatic carbocycles. The molecule has 0 bridgehead atoms. The van der Waals surface area contributed by atoms with Crippen molar-refractivity contribution in [2.75, 3.05) is 38.2 Å². The summed E-state index contributed by atoms with van der Waals surface area (Å²) in [6, 6.07) is 7.15. The van der Waals surface area contributed by atoms with E-state index in [2.05, 4.69) is 33.1 Å². The predicted octanol–water partition coefficient (Wildman–Crippen LogP) is 2.31. The molecule has 3 heterocycles. The maximum absolute atomic E-state index is 12.9. The number of amides is 1. The van der Waals surface area contributed by atoms with E-state index in [0.717, 1.165) is 17.9 Å². The summed E-state index contributed by atoms with van der Waals surface area (Å²) in [5.74, 6) is 1.90. The number of piperazine rings is 1. The Morgan fingerprint density at radius 1 is 1.21 bits per heavy atom. The molecule has 2 aromatic heterocycles. The van der Waals surface area contributed by atoms with E-state index >= 15 is 0 Å². The summed E-state index contributed by atoms with van der Waals surface area (Å²) in [5.41, 5.74) is 1.63. The monoisotopic (exact) mass is 400 g/mol. The lowest BCUT2D eigenvalue weighted by Crippen LogP contribution is -2.49. The average Bonchev–Trinajstić information content (AvgIpc) is 3.21. The van der Waals surface area contributed by atoms with Crippen molar-refractivity contribution >= 4 is 29.1 Å². The molecule has 1 aliphatic rings. The maximum Gasteiger partial charge on any atom is 0.257 e. The summed E-state index contributed by atoms with van der Waals surface area (Å²) in [6.45, 7) is 4.69. The van der Waals surface area contributed by atoms with Gasteiger partial charge >= 0.3 is 0 Å². The van der Waals surface area contributed by atoms with Crippen LogP contribution in [0.15, 0.2) is 30.6 Å². The number of hydrogen-bond donors (Lipinski definition) is 0. The summed E-state index contributed by atoms with van der Waals surface area (Å²) in [6.07, 6.45) is 2.54. The molecule has 0 saturated carbocycles. The second-order valence-corrected chi connectivity index (χ2v) is 7.02. The van der Waals surface area contributed by atoms with Crippen LogP contribution in [-0.2, 0) is 6.42 Å². The van der Waals surface area contributed by atoms with Gasteiger partial charge in [0.1, 0.15) is 17.9 Å². The highest BCUT2D eigenvalue weighted by atomic mass is 35.5. The number of benzene rings is 1. The van der Waals surface area contributed by atoms with E-state index in [4.69, 9.17) is 16.3 Å². The third kappa shape index (κ3) is 3.35. The topological polar surface area (TPSA) is 75.9 Å². The molecule has 1 fully saturated rings. The number of halogens is 1. The highest BCUT2D eigenvalue weighted by Gasteiger charge is 2.25. The summed E-state index contributed by atoms with van der Waals surface area (Å²) in [5, 5.41) is 8.56. The summed E-state index contributed by atoms with van der Waals surface area (Å²) in [7, 11) is 1.54. The Hall–Kier alpha value is -2.87. The second-order valence-electron chi connectivity index (χ2n) is 6.58. The van der Waals surface area contributed by atoms with Gasteiger partial charge in [-0.05, 0) is 24.6 Å². The molecule has 4 rings (SSSR count). The Kier molecular flexibility index (Phi) is 5.04. The van der Waals surface area contributed by atoms with Crippen LogP contribution in [0.1, 0.15) is 23.0 Å². The molecule has 28 heavy (non-hydrogen) atoms. The third-order valence-corrected chi connectivity index (χ3v) is 5.23. The van der Waals surface area contributed by atoms with Crippen molar-refractivity contribution in [2.24, 2.45) is 0 Å². The molecular weight excluding hydrogens is 380 g/mol. The molecule has 0 aliphatic carbocycles. The Labute approximate surface area is 167 Å². The zero-order valence-electron chi connectivity index (χ0n) is 15.8. The van der Waals surface area contributed by atoms with Crippen LogP contribution in [0.4, 0.5) is 5.82 Å². The molecule has 9 heteroatoms. The van der Waals surface area contributed by atoms with Gasteiger partial charge in [-0.1, -0.05) is 18.5 Å². The van der Waals surface area contributed by atoms with Gasteiger partial charge < -0.3 is 14.5 Å². The lowest BCUT2D eigenvalue weighted by atomic mass is 10.1. The largest absolute Gasteiger partial charge is 0.496 e. The van der Waals surface area contributed by atoms with Crippen molar-refractivity contribution in [1.82, 2.24) is 24.5 Å².